The zero-order valence-corrected chi connectivity index (χ0v) is 10.5. The summed E-state index contributed by atoms with van der Waals surface area (Å²) in [7, 11) is 1.31. The average molecular weight is 256 g/mol. The van der Waals surface area contributed by atoms with Crippen molar-refractivity contribution in [2.45, 2.75) is 19.8 Å². The normalized spacial score (nSPS) is 9.94. The van der Waals surface area contributed by atoms with Crippen LogP contribution in [0.25, 0.3) is 0 Å². The summed E-state index contributed by atoms with van der Waals surface area (Å²) in [6, 6.07) is 0. The third-order valence-corrected chi connectivity index (χ3v) is 2.13. The standard InChI is InChI=1S/C11H17FN4O2/c1-3-5-14-11-15-7-8(12)10(16-11)13-6-4-9(17)18-2/h7H,3-6H2,1-2H3,(H2,13,14,15,16). The van der Waals surface area contributed by atoms with E-state index in [0.717, 1.165) is 12.6 Å². The fourth-order valence-corrected chi connectivity index (χ4v) is 1.20. The number of nitrogens with one attached hydrogen (secondary N) is 2. The summed E-state index contributed by atoms with van der Waals surface area (Å²) in [5, 5.41) is 5.68. The van der Waals surface area contributed by atoms with Gasteiger partial charge >= 0.3 is 5.97 Å². The van der Waals surface area contributed by atoms with Crippen molar-refractivity contribution < 1.29 is 13.9 Å². The average Bonchev–Trinajstić information content (AvgIpc) is 2.39. The molecule has 0 bridgehead atoms. The van der Waals surface area contributed by atoms with Crippen molar-refractivity contribution in [3.05, 3.63) is 12.0 Å². The van der Waals surface area contributed by atoms with E-state index in [9.17, 15) is 9.18 Å². The smallest absolute Gasteiger partial charge is 0.307 e. The van der Waals surface area contributed by atoms with Gasteiger partial charge in [-0.25, -0.2) is 9.37 Å². The van der Waals surface area contributed by atoms with Crippen LogP contribution in [0.2, 0.25) is 0 Å². The van der Waals surface area contributed by atoms with E-state index in [1.54, 1.807) is 0 Å². The molecular weight excluding hydrogens is 239 g/mol. The topological polar surface area (TPSA) is 76.1 Å². The van der Waals surface area contributed by atoms with Gasteiger partial charge in [-0.2, -0.15) is 4.98 Å². The quantitative estimate of drug-likeness (QED) is 0.718. The molecule has 0 atom stereocenters. The SMILES string of the molecule is CCCNc1ncc(F)c(NCCC(=O)OC)n1. The van der Waals surface area contributed by atoms with Crippen LogP contribution >= 0.6 is 0 Å². The maximum atomic E-state index is 13.4. The minimum atomic E-state index is -0.554. The predicted octanol–water partition coefficient (Wildman–Crippen LogP) is 1.41. The van der Waals surface area contributed by atoms with Crippen LogP contribution in [0.1, 0.15) is 19.8 Å². The number of rotatable bonds is 7. The van der Waals surface area contributed by atoms with Gasteiger partial charge in [-0.15, -0.1) is 0 Å². The Morgan fingerprint density at radius 1 is 1.44 bits per heavy atom. The second kappa shape index (κ2) is 7.41. The highest BCUT2D eigenvalue weighted by molar-refractivity contribution is 5.69. The molecule has 1 heterocycles. The van der Waals surface area contributed by atoms with Gasteiger partial charge in [0.2, 0.25) is 5.95 Å². The van der Waals surface area contributed by atoms with E-state index in [-0.39, 0.29) is 24.8 Å². The molecule has 100 valence electrons. The van der Waals surface area contributed by atoms with Gasteiger partial charge in [0.15, 0.2) is 11.6 Å². The molecule has 7 heteroatoms. The van der Waals surface area contributed by atoms with Crippen LogP contribution in [0.4, 0.5) is 16.2 Å². The number of hydrogen-bond donors (Lipinski definition) is 2. The zero-order valence-electron chi connectivity index (χ0n) is 10.5. The van der Waals surface area contributed by atoms with E-state index >= 15 is 0 Å². The molecule has 0 aliphatic carbocycles. The first-order chi connectivity index (χ1) is 8.67. The molecular formula is C11H17FN4O2. The lowest BCUT2D eigenvalue weighted by Crippen LogP contribution is -2.13. The zero-order chi connectivity index (χ0) is 13.4. The van der Waals surface area contributed by atoms with E-state index in [0.29, 0.717) is 12.5 Å². The number of halogens is 1. The molecule has 0 fully saturated rings. The first-order valence-corrected chi connectivity index (χ1v) is 5.74. The molecule has 0 radical (unpaired) electrons. The van der Waals surface area contributed by atoms with Crippen LogP contribution in [0.15, 0.2) is 6.20 Å². The number of ether oxygens (including phenoxy) is 1. The van der Waals surface area contributed by atoms with Crippen LogP contribution in [0, 0.1) is 5.82 Å². The number of nitrogens with zero attached hydrogens (tertiary/aromatic N) is 2. The molecule has 0 aromatic carbocycles. The first kappa shape index (κ1) is 14.1. The lowest BCUT2D eigenvalue weighted by molar-refractivity contribution is -0.140. The van der Waals surface area contributed by atoms with Gasteiger partial charge in [0, 0.05) is 13.1 Å². The lowest BCUT2D eigenvalue weighted by Gasteiger charge is -2.08. The molecule has 1 aromatic rings. The van der Waals surface area contributed by atoms with E-state index in [1.165, 1.54) is 7.11 Å². The summed E-state index contributed by atoms with van der Waals surface area (Å²) in [5.74, 6) is -0.477. The Bertz CT molecular complexity index is 401. The van der Waals surface area contributed by atoms with Gasteiger partial charge in [0.1, 0.15) is 0 Å². The fourth-order valence-electron chi connectivity index (χ4n) is 1.20. The summed E-state index contributed by atoms with van der Waals surface area (Å²) < 4.78 is 17.8. The number of hydrogen-bond acceptors (Lipinski definition) is 6. The number of carbonyl (C=O) groups excluding carboxylic acids is 1. The molecule has 0 amide bonds. The highest BCUT2D eigenvalue weighted by Gasteiger charge is 2.07. The van der Waals surface area contributed by atoms with Gasteiger partial charge in [0.05, 0.1) is 19.7 Å². The molecule has 0 aliphatic heterocycles. The minimum absolute atomic E-state index is 0.0764. The van der Waals surface area contributed by atoms with Gasteiger partial charge in [-0.3, -0.25) is 4.79 Å². The van der Waals surface area contributed by atoms with Crippen LogP contribution in [-0.2, 0) is 9.53 Å². The molecule has 0 aliphatic rings. The molecule has 0 unspecified atom stereocenters. The highest BCUT2D eigenvalue weighted by Crippen LogP contribution is 2.11. The molecule has 2 N–H and O–H groups in total. The van der Waals surface area contributed by atoms with Crippen LogP contribution in [0.5, 0.6) is 0 Å². The lowest BCUT2D eigenvalue weighted by atomic mass is 10.4. The largest absolute Gasteiger partial charge is 0.469 e. The second-order valence-electron chi connectivity index (χ2n) is 3.57. The Balaban J connectivity index is 2.55. The maximum Gasteiger partial charge on any atom is 0.307 e. The van der Waals surface area contributed by atoms with Gasteiger partial charge in [-0.05, 0) is 6.42 Å². The van der Waals surface area contributed by atoms with Crippen LogP contribution < -0.4 is 10.6 Å². The van der Waals surface area contributed by atoms with Gasteiger partial charge < -0.3 is 15.4 Å². The summed E-state index contributed by atoms with van der Waals surface area (Å²) in [5.41, 5.74) is 0. The van der Waals surface area contributed by atoms with Crippen LogP contribution in [-0.4, -0.2) is 36.1 Å². The number of esters is 1. The number of carbonyl (C=O) groups is 1. The van der Waals surface area contributed by atoms with E-state index in [2.05, 4.69) is 25.3 Å². The molecule has 1 rings (SSSR count). The van der Waals surface area contributed by atoms with Gasteiger partial charge in [-0.1, -0.05) is 6.92 Å². The Morgan fingerprint density at radius 2 is 2.22 bits per heavy atom. The summed E-state index contributed by atoms with van der Waals surface area (Å²) in [6.45, 7) is 2.98. The predicted molar refractivity (Wildman–Crippen MR) is 65.9 cm³/mol. The molecule has 18 heavy (non-hydrogen) atoms. The second-order valence-corrected chi connectivity index (χ2v) is 3.57. The minimum Gasteiger partial charge on any atom is -0.469 e. The molecule has 0 saturated heterocycles. The molecule has 6 nitrogen and oxygen atoms in total. The van der Waals surface area contributed by atoms with Crippen LogP contribution in [0.3, 0.4) is 0 Å². The molecule has 0 saturated carbocycles. The Morgan fingerprint density at radius 3 is 2.89 bits per heavy atom. The fraction of sp³-hybridized carbons (Fsp3) is 0.545. The number of anilines is 2. The summed E-state index contributed by atoms with van der Waals surface area (Å²) in [6.07, 6.45) is 2.16. The van der Waals surface area contributed by atoms with Crippen molar-refractivity contribution in [1.29, 1.82) is 0 Å². The Kier molecular flexibility index (Phi) is 5.83. The van der Waals surface area contributed by atoms with E-state index in [1.807, 2.05) is 6.92 Å². The summed E-state index contributed by atoms with van der Waals surface area (Å²) >= 11 is 0. The third-order valence-electron chi connectivity index (χ3n) is 2.13. The summed E-state index contributed by atoms with van der Waals surface area (Å²) in [4.78, 5) is 18.7. The number of aromatic nitrogens is 2. The third kappa shape index (κ3) is 4.52. The van der Waals surface area contributed by atoms with Crippen molar-refractivity contribution >= 4 is 17.7 Å². The van der Waals surface area contributed by atoms with E-state index in [4.69, 9.17) is 0 Å². The van der Waals surface area contributed by atoms with Crippen molar-refractivity contribution in [3.8, 4) is 0 Å². The van der Waals surface area contributed by atoms with Crippen molar-refractivity contribution in [2.75, 3.05) is 30.8 Å². The first-order valence-electron chi connectivity index (χ1n) is 5.74. The van der Waals surface area contributed by atoms with Crippen molar-refractivity contribution in [1.82, 2.24) is 9.97 Å². The van der Waals surface area contributed by atoms with E-state index < -0.39 is 5.82 Å². The Labute approximate surface area is 105 Å². The Hall–Kier alpha value is -1.92. The van der Waals surface area contributed by atoms with Gasteiger partial charge in [0.25, 0.3) is 0 Å². The molecule has 1 aromatic heterocycles. The monoisotopic (exact) mass is 256 g/mol. The number of methoxy groups -OCH3 is 1. The van der Waals surface area contributed by atoms with Crippen molar-refractivity contribution in [2.24, 2.45) is 0 Å². The maximum absolute atomic E-state index is 13.4. The van der Waals surface area contributed by atoms with Crippen molar-refractivity contribution in [3.63, 3.8) is 0 Å². The highest BCUT2D eigenvalue weighted by atomic mass is 19.1. The molecule has 0 spiro atoms.